The molecule has 1 heterocycles. The Kier molecular flexibility index (Phi) is 10.6. The van der Waals surface area contributed by atoms with Gasteiger partial charge in [0.1, 0.15) is 6.07 Å². The van der Waals surface area contributed by atoms with Gasteiger partial charge in [-0.15, -0.1) is 0 Å². The molecule has 0 saturated carbocycles. The van der Waals surface area contributed by atoms with Crippen LogP contribution in [0.5, 0.6) is 0 Å². The Bertz CT molecular complexity index is 1270. The van der Waals surface area contributed by atoms with Crippen LogP contribution in [-0.4, -0.2) is 71.1 Å². The number of aliphatic hydroxyl groups excluding tert-OH is 1. The molecule has 1 atom stereocenters. The number of benzene rings is 2. The number of nitriles is 1. The Labute approximate surface area is 221 Å². The van der Waals surface area contributed by atoms with E-state index in [1.807, 2.05) is 12.1 Å². The fourth-order valence-electron chi connectivity index (χ4n) is 4.59. The van der Waals surface area contributed by atoms with Gasteiger partial charge in [-0.05, 0) is 67.1 Å². The molecular formula is C27H33F3N2O5S. The average molecular weight is 555 g/mol. The highest BCUT2D eigenvalue weighted by atomic mass is 32.2. The molecule has 0 aromatic heterocycles. The molecule has 0 aliphatic carbocycles. The van der Waals surface area contributed by atoms with Crippen LogP contribution in [0.25, 0.3) is 16.3 Å². The summed E-state index contributed by atoms with van der Waals surface area (Å²) < 4.78 is 78.4. The highest BCUT2D eigenvalue weighted by Gasteiger charge is 2.41. The first-order valence-electron chi connectivity index (χ1n) is 12.6. The first kappa shape index (κ1) is 29.9. The van der Waals surface area contributed by atoms with Crippen LogP contribution in [0.4, 0.5) is 18.9 Å². The molecule has 2 aromatic carbocycles. The number of hydrogen-bond donors (Lipinski definition) is 1. The van der Waals surface area contributed by atoms with E-state index < -0.39 is 32.2 Å². The van der Waals surface area contributed by atoms with E-state index >= 15 is 0 Å². The van der Waals surface area contributed by atoms with Crippen molar-refractivity contribution in [3.8, 4) is 6.07 Å². The predicted octanol–water partition coefficient (Wildman–Crippen LogP) is 4.85. The SMILES string of the molecule is CC1CCCCN1c1ccc2cc(/C(=C(\C#N)S(=O)(=O)CCCOCCOCCO)C(F)(F)F)ccc2c1. The monoisotopic (exact) mass is 554 g/mol. The minimum atomic E-state index is -5.06. The Morgan fingerprint density at radius 2 is 1.76 bits per heavy atom. The molecule has 1 fully saturated rings. The fourth-order valence-corrected chi connectivity index (χ4v) is 5.98. The van der Waals surface area contributed by atoms with E-state index in [4.69, 9.17) is 14.6 Å². The molecule has 2 aromatic rings. The molecule has 1 N–H and O–H groups in total. The summed E-state index contributed by atoms with van der Waals surface area (Å²) in [7, 11) is -4.54. The Balaban J connectivity index is 1.85. The number of allylic oxidation sites excluding steroid dienone is 2. The second kappa shape index (κ2) is 13.4. The molecule has 1 saturated heterocycles. The van der Waals surface area contributed by atoms with Gasteiger partial charge in [0, 0.05) is 24.9 Å². The largest absolute Gasteiger partial charge is 0.418 e. The third kappa shape index (κ3) is 7.69. The molecule has 7 nitrogen and oxygen atoms in total. The normalized spacial score (nSPS) is 17.4. The van der Waals surface area contributed by atoms with E-state index in [2.05, 4.69) is 11.8 Å². The van der Waals surface area contributed by atoms with Gasteiger partial charge in [-0.25, -0.2) is 8.42 Å². The lowest BCUT2D eigenvalue weighted by Gasteiger charge is -2.35. The number of piperidine rings is 1. The minimum Gasteiger partial charge on any atom is -0.394 e. The molecule has 11 heteroatoms. The average Bonchev–Trinajstić information content (AvgIpc) is 2.87. The number of fused-ring (bicyclic) bond motifs is 1. The third-order valence-corrected chi connectivity index (χ3v) is 8.22. The standard InChI is InChI=1S/C27H33F3N2O5S/c1-20-5-2-3-10-32(20)24-9-8-21-17-23(7-6-22(21)18-24)26(27(28,29)30)25(19-31)38(34,35)16-4-12-36-14-15-37-13-11-33/h6-9,17-18,20,33H,2-5,10-16H2,1H3/b26-25-. The number of anilines is 1. The van der Waals surface area contributed by atoms with Crippen LogP contribution in [0, 0.1) is 11.3 Å². The van der Waals surface area contributed by atoms with Gasteiger partial charge in [-0.3, -0.25) is 0 Å². The maximum Gasteiger partial charge on any atom is 0.418 e. The van der Waals surface area contributed by atoms with Gasteiger partial charge in [-0.1, -0.05) is 18.2 Å². The maximum absolute atomic E-state index is 14.2. The maximum atomic E-state index is 14.2. The number of halogens is 3. The summed E-state index contributed by atoms with van der Waals surface area (Å²) in [4.78, 5) is 0.985. The van der Waals surface area contributed by atoms with Crippen molar-refractivity contribution < 1.29 is 36.2 Å². The Hall–Kier alpha value is -2.65. The summed E-state index contributed by atoms with van der Waals surface area (Å²) in [6, 6.07) is 11.2. The molecule has 208 valence electrons. The quantitative estimate of drug-likeness (QED) is 0.296. The van der Waals surface area contributed by atoms with Crippen molar-refractivity contribution in [2.45, 2.75) is 44.8 Å². The topological polar surface area (TPSA) is 99.9 Å². The lowest BCUT2D eigenvalue weighted by atomic mass is 9.98. The second-order valence-corrected chi connectivity index (χ2v) is 11.3. The third-order valence-electron chi connectivity index (χ3n) is 6.48. The first-order valence-corrected chi connectivity index (χ1v) is 14.2. The van der Waals surface area contributed by atoms with Gasteiger partial charge in [0.2, 0.25) is 0 Å². The minimum absolute atomic E-state index is 0.0320. The van der Waals surface area contributed by atoms with Crippen molar-refractivity contribution >= 4 is 31.9 Å². The van der Waals surface area contributed by atoms with Gasteiger partial charge in [0.05, 0.1) is 37.8 Å². The number of hydrogen-bond acceptors (Lipinski definition) is 7. The van der Waals surface area contributed by atoms with Crippen LogP contribution >= 0.6 is 0 Å². The zero-order valence-corrected chi connectivity index (χ0v) is 22.2. The summed E-state index contributed by atoms with van der Waals surface area (Å²) in [5, 5.41) is 19.4. The zero-order chi connectivity index (χ0) is 27.8. The van der Waals surface area contributed by atoms with E-state index in [9.17, 15) is 26.9 Å². The summed E-state index contributed by atoms with van der Waals surface area (Å²) in [6.45, 7) is 3.37. The van der Waals surface area contributed by atoms with Gasteiger partial charge in [-0.2, -0.15) is 18.4 Å². The fraction of sp³-hybridized carbons (Fsp3) is 0.519. The van der Waals surface area contributed by atoms with Crippen molar-refractivity contribution in [3.63, 3.8) is 0 Å². The van der Waals surface area contributed by atoms with Gasteiger partial charge < -0.3 is 19.5 Å². The van der Waals surface area contributed by atoms with Gasteiger partial charge in [0.25, 0.3) is 0 Å². The van der Waals surface area contributed by atoms with Crippen molar-refractivity contribution in [1.82, 2.24) is 0 Å². The number of rotatable bonds is 12. The molecular weight excluding hydrogens is 521 g/mol. The van der Waals surface area contributed by atoms with E-state index in [1.165, 1.54) is 30.7 Å². The van der Waals surface area contributed by atoms with Crippen LogP contribution < -0.4 is 4.90 Å². The molecule has 0 bridgehead atoms. The molecule has 0 amide bonds. The van der Waals surface area contributed by atoms with Crippen LogP contribution in [0.3, 0.4) is 0 Å². The molecule has 0 spiro atoms. The summed E-state index contributed by atoms with van der Waals surface area (Å²) in [6.07, 6.45) is -1.83. The summed E-state index contributed by atoms with van der Waals surface area (Å²) in [5.74, 6) is -0.669. The number of nitrogens with zero attached hydrogens (tertiary/aromatic N) is 2. The molecule has 0 radical (unpaired) electrons. The van der Waals surface area contributed by atoms with Crippen LogP contribution in [0.1, 0.15) is 38.2 Å². The number of alkyl halides is 3. The summed E-state index contributed by atoms with van der Waals surface area (Å²) >= 11 is 0. The highest BCUT2D eigenvalue weighted by molar-refractivity contribution is 7.95. The molecule has 3 rings (SSSR count). The zero-order valence-electron chi connectivity index (χ0n) is 21.3. The lowest BCUT2D eigenvalue weighted by molar-refractivity contribution is -0.0690. The lowest BCUT2D eigenvalue weighted by Crippen LogP contribution is -2.37. The number of aliphatic hydroxyl groups is 1. The number of ether oxygens (including phenoxy) is 2. The number of sulfone groups is 1. The van der Waals surface area contributed by atoms with Crippen LogP contribution in [0.2, 0.25) is 0 Å². The molecule has 1 unspecified atom stereocenters. The Morgan fingerprint density at radius 3 is 2.42 bits per heavy atom. The van der Waals surface area contributed by atoms with Crippen molar-refractivity contribution in [3.05, 3.63) is 46.9 Å². The summed E-state index contributed by atoms with van der Waals surface area (Å²) in [5.41, 5.74) is -0.845. The van der Waals surface area contributed by atoms with E-state index in [0.29, 0.717) is 11.4 Å². The van der Waals surface area contributed by atoms with Crippen LogP contribution in [0.15, 0.2) is 41.3 Å². The smallest absolute Gasteiger partial charge is 0.394 e. The molecule has 38 heavy (non-hydrogen) atoms. The molecule has 1 aliphatic rings. The van der Waals surface area contributed by atoms with Crippen molar-refractivity contribution in [2.24, 2.45) is 0 Å². The Morgan fingerprint density at radius 1 is 1.08 bits per heavy atom. The van der Waals surface area contributed by atoms with Gasteiger partial charge >= 0.3 is 6.18 Å². The highest BCUT2D eigenvalue weighted by Crippen LogP contribution is 2.39. The first-order chi connectivity index (χ1) is 18.1. The molecule has 1 aliphatic heterocycles. The van der Waals surface area contributed by atoms with Crippen molar-refractivity contribution in [2.75, 3.05) is 50.2 Å². The van der Waals surface area contributed by atoms with Crippen LogP contribution in [-0.2, 0) is 19.3 Å². The van der Waals surface area contributed by atoms with E-state index in [1.54, 1.807) is 6.07 Å². The second-order valence-electron chi connectivity index (χ2n) is 9.22. The van der Waals surface area contributed by atoms with E-state index in [-0.39, 0.29) is 45.0 Å². The predicted molar refractivity (Wildman–Crippen MR) is 140 cm³/mol. The van der Waals surface area contributed by atoms with Crippen molar-refractivity contribution in [1.29, 1.82) is 5.26 Å². The van der Waals surface area contributed by atoms with E-state index in [0.717, 1.165) is 30.5 Å². The van der Waals surface area contributed by atoms with Gasteiger partial charge in [0.15, 0.2) is 14.7 Å².